The molecule has 66 heavy (non-hydrogen) atoms. The van der Waals surface area contributed by atoms with Crippen molar-refractivity contribution in [1.82, 2.24) is 0 Å². The van der Waals surface area contributed by atoms with E-state index in [0.717, 1.165) is 75.5 Å². The molecule has 1 atom stereocenters. The minimum Gasteiger partial charge on any atom is -0.462 e. The molecule has 6 heteroatoms. The molecule has 0 aromatic rings. The van der Waals surface area contributed by atoms with E-state index < -0.39 is 6.10 Å². The minimum atomic E-state index is -0.764. The van der Waals surface area contributed by atoms with Gasteiger partial charge in [-0.15, -0.1) is 0 Å². The molecule has 0 unspecified atom stereocenters. The summed E-state index contributed by atoms with van der Waals surface area (Å²) in [5.74, 6) is 1.67. The van der Waals surface area contributed by atoms with Crippen LogP contribution in [0.1, 0.15) is 330 Å². The molecule has 0 bridgehead atoms. The van der Waals surface area contributed by atoms with E-state index in [1.807, 2.05) is 0 Å². The largest absolute Gasteiger partial charge is 0.462 e. The van der Waals surface area contributed by atoms with Crippen LogP contribution in [0, 0.1) is 17.8 Å². The van der Waals surface area contributed by atoms with Crippen molar-refractivity contribution in [2.24, 2.45) is 17.8 Å². The number of rotatable bonds is 53. The molecule has 0 aromatic heterocycles. The van der Waals surface area contributed by atoms with Crippen LogP contribution in [0.5, 0.6) is 0 Å². The first-order valence-corrected chi connectivity index (χ1v) is 29.6. The third kappa shape index (κ3) is 53.4. The number of hydrogen-bond donors (Lipinski definition) is 0. The highest BCUT2D eigenvalue weighted by Gasteiger charge is 2.19. The Balaban J connectivity index is 4.30. The van der Waals surface area contributed by atoms with Gasteiger partial charge in [-0.25, -0.2) is 0 Å². The molecule has 0 amide bonds. The fourth-order valence-corrected chi connectivity index (χ4v) is 9.18. The van der Waals surface area contributed by atoms with Crippen LogP contribution in [-0.4, -0.2) is 37.2 Å². The minimum absolute atomic E-state index is 0.0633. The van der Waals surface area contributed by atoms with Gasteiger partial charge in [0.2, 0.25) is 0 Å². The van der Waals surface area contributed by atoms with Crippen molar-refractivity contribution in [1.29, 1.82) is 0 Å². The van der Waals surface area contributed by atoms with Crippen molar-refractivity contribution in [3.63, 3.8) is 0 Å². The van der Waals surface area contributed by atoms with Gasteiger partial charge in [0, 0.05) is 19.3 Å². The average Bonchev–Trinajstić information content (AvgIpc) is 3.28. The number of unbranched alkanes of at least 4 members (excludes halogenated alkanes) is 36. The smallest absolute Gasteiger partial charge is 0.306 e. The summed E-state index contributed by atoms with van der Waals surface area (Å²) in [6.07, 6.45) is 53.8. The molecule has 0 aliphatic rings. The van der Waals surface area contributed by atoms with Crippen LogP contribution in [0.2, 0.25) is 0 Å². The Bertz CT molecular complexity index is 1020. The second-order valence-corrected chi connectivity index (χ2v) is 22.1. The second kappa shape index (κ2) is 51.3. The molecule has 0 fully saturated rings. The maximum Gasteiger partial charge on any atom is 0.306 e. The van der Waals surface area contributed by atoms with E-state index in [1.165, 1.54) is 212 Å². The lowest BCUT2D eigenvalue weighted by atomic mass is 10.0. The summed E-state index contributed by atoms with van der Waals surface area (Å²) in [6.45, 7) is 13.8. The van der Waals surface area contributed by atoms with E-state index in [2.05, 4.69) is 41.5 Å². The molecular formula is C60H116O6. The summed E-state index contributed by atoms with van der Waals surface area (Å²) in [5.41, 5.74) is 0. The van der Waals surface area contributed by atoms with Crippen molar-refractivity contribution in [2.75, 3.05) is 13.2 Å². The average molecular weight is 934 g/mol. The first-order valence-electron chi connectivity index (χ1n) is 29.6. The fraction of sp³-hybridized carbons (Fsp3) is 0.950. The first-order chi connectivity index (χ1) is 32.1. The Morgan fingerprint density at radius 3 is 0.652 bits per heavy atom. The van der Waals surface area contributed by atoms with Crippen LogP contribution in [0.25, 0.3) is 0 Å². The Labute approximate surface area is 412 Å². The zero-order chi connectivity index (χ0) is 48.4. The van der Waals surface area contributed by atoms with Gasteiger partial charge in [0.05, 0.1) is 0 Å². The van der Waals surface area contributed by atoms with Crippen molar-refractivity contribution in [2.45, 2.75) is 337 Å². The molecule has 0 aliphatic heterocycles. The third-order valence-electron chi connectivity index (χ3n) is 13.6. The molecule has 0 saturated heterocycles. The number of ether oxygens (including phenoxy) is 3. The number of carbonyl (C=O) groups excluding carboxylic acids is 3. The van der Waals surface area contributed by atoms with Crippen molar-refractivity contribution >= 4 is 17.9 Å². The lowest BCUT2D eigenvalue weighted by molar-refractivity contribution is -0.167. The fourth-order valence-electron chi connectivity index (χ4n) is 9.18. The monoisotopic (exact) mass is 933 g/mol. The Morgan fingerprint density at radius 1 is 0.258 bits per heavy atom. The summed E-state index contributed by atoms with van der Waals surface area (Å²) in [7, 11) is 0. The molecule has 0 aliphatic carbocycles. The van der Waals surface area contributed by atoms with Crippen LogP contribution in [-0.2, 0) is 28.6 Å². The quantitative estimate of drug-likeness (QED) is 0.0343. The normalized spacial score (nSPS) is 12.1. The highest BCUT2D eigenvalue weighted by Crippen LogP contribution is 2.19. The predicted molar refractivity (Wildman–Crippen MR) is 284 cm³/mol. The lowest BCUT2D eigenvalue weighted by Crippen LogP contribution is -2.30. The molecule has 0 N–H and O–H groups in total. The van der Waals surface area contributed by atoms with Crippen molar-refractivity contribution < 1.29 is 28.6 Å². The highest BCUT2D eigenvalue weighted by atomic mass is 16.6. The van der Waals surface area contributed by atoms with Gasteiger partial charge < -0.3 is 14.2 Å². The summed E-state index contributed by atoms with van der Waals surface area (Å²) in [5, 5.41) is 0. The molecular weight excluding hydrogens is 817 g/mol. The van der Waals surface area contributed by atoms with Gasteiger partial charge in [-0.3, -0.25) is 14.4 Å². The first kappa shape index (κ1) is 64.4. The molecule has 0 rings (SSSR count). The predicted octanol–water partition coefficient (Wildman–Crippen LogP) is 19.5. The van der Waals surface area contributed by atoms with Crippen LogP contribution >= 0.6 is 0 Å². The van der Waals surface area contributed by atoms with E-state index in [4.69, 9.17) is 14.2 Å². The van der Waals surface area contributed by atoms with Gasteiger partial charge in [0.25, 0.3) is 0 Å². The van der Waals surface area contributed by atoms with Gasteiger partial charge in [-0.2, -0.15) is 0 Å². The maximum absolute atomic E-state index is 12.9. The summed E-state index contributed by atoms with van der Waals surface area (Å²) in [4.78, 5) is 38.2. The SMILES string of the molecule is CC(C)CCCCCCCCCCCCCCCCCC(=O)O[C@@H](COC(=O)CCCCCCCCCCCCCCCC(C)C)COC(=O)CCCCCCCCCCCCCC(C)C. The standard InChI is InChI=1S/C60H116O6/c1-54(2)46-40-34-28-22-16-11-8-7-9-13-20-27-33-39-45-51-60(63)66-57(53-65-59(62)50-44-38-32-26-21-15-18-24-30-36-42-48-56(5)6)52-64-58(61)49-43-37-31-25-19-14-10-12-17-23-29-35-41-47-55(3)4/h54-57H,7-53H2,1-6H3/t57-/m0/s1. The van der Waals surface area contributed by atoms with Gasteiger partial charge in [0.15, 0.2) is 6.10 Å². The highest BCUT2D eigenvalue weighted by molar-refractivity contribution is 5.71. The summed E-state index contributed by atoms with van der Waals surface area (Å²) in [6, 6.07) is 0. The number of esters is 3. The summed E-state index contributed by atoms with van der Waals surface area (Å²) < 4.78 is 16.9. The second-order valence-electron chi connectivity index (χ2n) is 22.1. The number of carbonyl (C=O) groups is 3. The molecule has 0 heterocycles. The zero-order valence-electron chi connectivity index (χ0n) is 45.5. The topological polar surface area (TPSA) is 78.9 Å². The summed E-state index contributed by atoms with van der Waals surface area (Å²) >= 11 is 0. The van der Waals surface area contributed by atoms with E-state index in [9.17, 15) is 14.4 Å². The maximum atomic E-state index is 12.9. The van der Waals surface area contributed by atoms with E-state index >= 15 is 0 Å². The Morgan fingerprint density at radius 2 is 0.439 bits per heavy atom. The number of hydrogen-bond acceptors (Lipinski definition) is 6. The molecule has 0 saturated carbocycles. The molecule has 0 spiro atoms. The van der Waals surface area contributed by atoms with Gasteiger partial charge in [-0.1, -0.05) is 292 Å². The van der Waals surface area contributed by atoms with Gasteiger partial charge in [-0.05, 0) is 37.0 Å². The molecule has 6 nitrogen and oxygen atoms in total. The van der Waals surface area contributed by atoms with Crippen LogP contribution < -0.4 is 0 Å². The zero-order valence-corrected chi connectivity index (χ0v) is 45.5. The van der Waals surface area contributed by atoms with Crippen molar-refractivity contribution in [3.05, 3.63) is 0 Å². The van der Waals surface area contributed by atoms with E-state index in [-0.39, 0.29) is 31.1 Å². The van der Waals surface area contributed by atoms with E-state index in [1.54, 1.807) is 0 Å². The molecule has 0 aromatic carbocycles. The van der Waals surface area contributed by atoms with Crippen LogP contribution in [0.4, 0.5) is 0 Å². The lowest BCUT2D eigenvalue weighted by Gasteiger charge is -2.18. The Kier molecular flexibility index (Phi) is 50.0. The third-order valence-corrected chi connectivity index (χ3v) is 13.6. The van der Waals surface area contributed by atoms with Crippen LogP contribution in [0.15, 0.2) is 0 Å². The molecule has 392 valence electrons. The Hall–Kier alpha value is -1.59. The van der Waals surface area contributed by atoms with Gasteiger partial charge in [0.1, 0.15) is 13.2 Å². The molecule has 0 radical (unpaired) electrons. The van der Waals surface area contributed by atoms with E-state index in [0.29, 0.717) is 19.3 Å². The van der Waals surface area contributed by atoms with Crippen LogP contribution in [0.3, 0.4) is 0 Å². The van der Waals surface area contributed by atoms with Gasteiger partial charge >= 0.3 is 17.9 Å². The van der Waals surface area contributed by atoms with Crippen molar-refractivity contribution in [3.8, 4) is 0 Å².